The topological polar surface area (TPSA) is 158 Å². The Hall–Kier alpha value is -3.94. The number of carbonyl (C=O) groups excluding carboxylic acids is 3. The molecule has 0 fully saturated rings. The average molecular weight is 363 g/mol. The van der Waals surface area contributed by atoms with E-state index in [-0.39, 0.29) is 11.3 Å². The molecule has 0 aromatic heterocycles. The fraction of sp³-hybridized carbons (Fsp3) is 0.200. The summed E-state index contributed by atoms with van der Waals surface area (Å²) in [5.74, 6) is -2.30. The Balaban J connectivity index is 3.85. The summed E-state index contributed by atoms with van der Waals surface area (Å²) in [5, 5.41) is 22.5. The zero-order valence-corrected chi connectivity index (χ0v) is 13.9. The number of benzene rings is 1. The molecule has 0 saturated heterocycles. The maximum Gasteiger partial charge on any atom is 0.411 e. The predicted molar refractivity (Wildman–Crippen MR) is 85.7 cm³/mol. The minimum atomic E-state index is -1.16. The van der Waals surface area contributed by atoms with Gasteiger partial charge in [0.25, 0.3) is 5.69 Å². The Morgan fingerprint density at radius 3 is 2.19 bits per heavy atom. The van der Waals surface area contributed by atoms with E-state index in [4.69, 9.17) is 0 Å². The van der Waals surface area contributed by atoms with Crippen molar-refractivity contribution in [2.75, 3.05) is 26.6 Å². The number of non-ortho nitro benzene ring substituents is 1. The number of nitrogens with zero attached hydrogens (tertiary/aromatic N) is 2. The monoisotopic (exact) mass is 363 g/mol. The van der Waals surface area contributed by atoms with Crippen LogP contribution in [0.15, 0.2) is 23.8 Å². The number of carbonyl (C=O) groups is 3. The van der Waals surface area contributed by atoms with Gasteiger partial charge in [0.1, 0.15) is 6.07 Å². The summed E-state index contributed by atoms with van der Waals surface area (Å²) in [5.41, 5.74) is -2.25. The lowest BCUT2D eigenvalue weighted by atomic mass is 9.98. The van der Waals surface area contributed by atoms with Gasteiger partial charge in [-0.2, -0.15) is 5.26 Å². The van der Waals surface area contributed by atoms with Gasteiger partial charge in [-0.25, -0.2) is 14.4 Å². The van der Waals surface area contributed by atoms with Gasteiger partial charge in [0.15, 0.2) is 5.57 Å². The summed E-state index contributed by atoms with van der Waals surface area (Å²) in [4.78, 5) is 45.8. The van der Waals surface area contributed by atoms with Crippen molar-refractivity contribution in [2.45, 2.75) is 0 Å². The number of ether oxygens (including phenoxy) is 3. The first-order chi connectivity index (χ1) is 12.3. The minimum absolute atomic E-state index is 0.125. The van der Waals surface area contributed by atoms with Crippen molar-refractivity contribution < 1.29 is 33.5 Å². The lowest BCUT2D eigenvalue weighted by Gasteiger charge is -2.13. The number of esters is 2. The quantitative estimate of drug-likeness (QED) is 0.204. The van der Waals surface area contributed by atoms with E-state index in [1.807, 2.05) is 0 Å². The summed E-state index contributed by atoms with van der Waals surface area (Å²) >= 11 is 0. The molecular formula is C15H13N3O8. The largest absolute Gasteiger partial charge is 0.465 e. The van der Waals surface area contributed by atoms with E-state index < -0.39 is 39.8 Å². The molecule has 0 atom stereocenters. The van der Waals surface area contributed by atoms with Crippen LogP contribution in [-0.2, 0) is 23.8 Å². The molecule has 0 saturated carbocycles. The van der Waals surface area contributed by atoms with Gasteiger partial charge >= 0.3 is 18.0 Å². The molecule has 1 aromatic carbocycles. The maximum absolute atomic E-state index is 12.2. The SMILES string of the molecule is COC(=O)Nc1ccc([N+](=O)[O-])cc1/C(C(=O)OC)=C(/C#N)C(=O)OC. The van der Waals surface area contributed by atoms with E-state index >= 15 is 0 Å². The van der Waals surface area contributed by atoms with E-state index in [9.17, 15) is 29.8 Å². The van der Waals surface area contributed by atoms with Crippen molar-refractivity contribution in [3.05, 3.63) is 39.4 Å². The zero-order chi connectivity index (χ0) is 19.9. The third kappa shape index (κ3) is 4.32. The molecule has 1 amide bonds. The highest BCUT2D eigenvalue weighted by molar-refractivity contribution is 6.25. The molecule has 136 valence electrons. The van der Waals surface area contributed by atoms with Gasteiger partial charge in [0.05, 0.1) is 37.5 Å². The number of anilines is 1. The highest BCUT2D eigenvalue weighted by Crippen LogP contribution is 2.31. The van der Waals surface area contributed by atoms with Crippen molar-refractivity contribution in [1.29, 1.82) is 5.26 Å². The van der Waals surface area contributed by atoms with Gasteiger partial charge in [0, 0.05) is 17.7 Å². The zero-order valence-electron chi connectivity index (χ0n) is 13.9. The molecule has 26 heavy (non-hydrogen) atoms. The van der Waals surface area contributed by atoms with Crippen LogP contribution in [0.2, 0.25) is 0 Å². The van der Waals surface area contributed by atoms with E-state index in [1.54, 1.807) is 0 Å². The average Bonchev–Trinajstić information content (AvgIpc) is 2.64. The molecule has 0 heterocycles. The first-order valence-electron chi connectivity index (χ1n) is 6.75. The molecule has 0 spiro atoms. The van der Waals surface area contributed by atoms with Gasteiger partial charge in [-0.05, 0) is 6.07 Å². The highest BCUT2D eigenvalue weighted by atomic mass is 16.6. The number of nitriles is 1. The second-order valence-electron chi connectivity index (χ2n) is 4.45. The molecule has 11 nitrogen and oxygen atoms in total. The molecule has 0 unspecified atom stereocenters. The number of rotatable bonds is 5. The van der Waals surface area contributed by atoms with Crippen LogP contribution in [0, 0.1) is 21.4 Å². The van der Waals surface area contributed by atoms with Crippen LogP contribution < -0.4 is 5.32 Å². The van der Waals surface area contributed by atoms with Crippen LogP contribution in [0.3, 0.4) is 0 Å². The molecule has 11 heteroatoms. The normalized spacial score (nSPS) is 10.7. The first-order valence-corrected chi connectivity index (χ1v) is 6.75. The summed E-state index contributed by atoms with van der Waals surface area (Å²) in [6.45, 7) is 0. The number of nitro benzene ring substituents is 1. The molecule has 1 aromatic rings. The second kappa shape index (κ2) is 8.78. The Morgan fingerprint density at radius 1 is 1.12 bits per heavy atom. The highest BCUT2D eigenvalue weighted by Gasteiger charge is 2.28. The van der Waals surface area contributed by atoms with Crippen molar-refractivity contribution in [3.8, 4) is 6.07 Å². The number of methoxy groups -OCH3 is 3. The van der Waals surface area contributed by atoms with E-state index in [2.05, 4.69) is 19.5 Å². The summed E-state index contributed by atoms with van der Waals surface area (Å²) < 4.78 is 13.4. The van der Waals surface area contributed by atoms with Gasteiger partial charge in [-0.1, -0.05) is 0 Å². The van der Waals surface area contributed by atoms with Crippen LogP contribution in [0.1, 0.15) is 5.56 Å². The minimum Gasteiger partial charge on any atom is -0.465 e. The van der Waals surface area contributed by atoms with E-state index in [1.165, 1.54) is 6.07 Å². The Bertz CT molecular complexity index is 838. The molecule has 1 rings (SSSR count). The fourth-order valence-electron chi connectivity index (χ4n) is 1.88. The van der Waals surface area contributed by atoms with Crippen molar-refractivity contribution in [1.82, 2.24) is 0 Å². The number of amides is 1. The van der Waals surface area contributed by atoms with Crippen molar-refractivity contribution >= 4 is 35.0 Å². The van der Waals surface area contributed by atoms with Crippen molar-refractivity contribution in [3.63, 3.8) is 0 Å². The summed E-state index contributed by atoms with van der Waals surface area (Å²) in [6, 6.07) is 4.56. The Labute approximate surface area is 146 Å². The Kier molecular flexibility index (Phi) is 6.79. The molecule has 0 aliphatic rings. The first kappa shape index (κ1) is 20.1. The third-order valence-electron chi connectivity index (χ3n) is 3.05. The molecule has 0 aliphatic carbocycles. The van der Waals surface area contributed by atoms with Crippen LogP contribution in [0.5, 0.6) is 0 Å². The molecule has 0 aliphatic heterocycles. The smallest absolute Gasteiger partial charge is 0.411 e. The van der Waals surface area contributed by atoms with E-state index in [0.717, 1.165) is 39.5 Å². The van der Waals surface area contributed by atoms with E-state index in [0.29, 0.717) is 0 Å². The molecule has 0 bridgehead atoms. The third-order valence-corrected chi connectivity index (χ3v) is 3.05. The summed E-state index contributed by atoms with van der Waals surface area (Å²) in [6.07, 6.45) is -0.944. The van der Waals surface area contributed by atoms with Crippen LogP contribution in [0.25, 0.3) is 5.57 Å². The van der Waals surface area contributed by atoms with Gasteiger partial charge in [-0.15, -0.1) is 0 Å². The lowest BCUT2D eigenvalue weighted by molar-refractivity contribution is -0.384. The predicted octanol–water partition coefficient (Wildman–Crippen LogP) is 1.40. The standard InChI is InChI=1S/C15H13N3O8/c1-24-13(19)10(7-16)12(14(20)25-2)9-6-8(18(22)23)4-5-11(9)17-15(21)26-3/h4-6H,1-3H3,(H,17,21)/b12-10+. The Morgan fingerprint density at radius 2 is 1.73 bits per heavy atom. The van der Waals surface area contributed by atoms with Crippen molar-refractivity contribution in [2.24, 2.45) is 0 Å². The number of nitro groups is 1. The maximum atomic E-state index is 12.2. The number of hydrogen-bond donors (Lipinski definition) is 1. The van der Waals surface area contributed by atoms with Gasteiger partial charge in [-0.3, -0.25) is 15.4 Å². The number of hydrogen-bond acceptors (Lipinski definition) is 9. The fourth-order valence-corrected chi connectivity index (χ4v) is 1.88. The van der Waals surface area contributed by atoms with Gasteiger partial charge < -0.3 is 14.2 Å². The molecule has 0 radical (unpaired) electrons. The molecular weight excluding hydrogens is 350 g/mol. The number of nitrogens with one attached hydrogen (secondary N) is 1. The van der Waals surface area contributed by atoms with Crippen LogP contribution in [-0.4, -0.2) is 44.3 Å². The van der Waals surface area contributed by atoms with Crippen LogP contribution in [0.4, 0.5) is 16.2 Å². The second-order valence-corrected chi connectivity index (χ2v) is 4.45. The van der Waals surface area contributed by atoms with Crippen LogP contribution >= 0.6 is 0 Å². The van der Waals surface area contributed by atoms with Gasteiger partial charge in [0.2, 0.25) is 0 Å². The lowest BCUT2D eigenvalue weighted by Crippen LogP contribution is -2.17. The molecule has 1 N–H and O–H groups in total. The summed E-state index contributed by atoms with van der Waals surface area (Å²) in [7, 11) is 3.04.